The summed E-state index contributed by atoms with van der Waals surface area (Å²) in [6.07, 6.45) is 1.36. The average molecular weight is 443 g/mol. The monoisotopic (exact) mass is 440 g/mol. The van der Waals surface area contributed by atoms with Crippen LogP contribution in [0.4, 0.5) is 11.5 Å². The summed E-state index contributed by atoms with van der Waals surface area (Å²) in [6.45, 7) is 0. The molecule has 0 atom stereocenters. The van der Waals surface area contributed by atoms with Crippen molar-refractivity contribution >= 4 is 65.0 Å². The predicted molar refractivity (Wildman–Crippen MR) is 84.1 cm³/mol. The minimum Gasteiger partial charge on any atom is -0.398 e. The lowest BCUT2D eigenvalue weighted by Gasteiger charge is -2.11. The Hall–Kier alpha value is -0.900. The molecule has 0 aliphatic heterocycles. The minimum atomic E-state index is -3.96. The number of aromatic nitrogens is 2. The van der Waals surface area contributed by atoms with Crippen LogP contribution in [-0.4, -0.2) is 18.4 Å². The number of sulfonamides is 1. The van der Waals surface area contributed by atoms with Crippen molar-refractivity contribution in [3.05, 3.63) is 38.6 Å². The molecule has 0 spiro atoms. The van der Waals surface area contributed by atoms with Crippen molar-refractivity contribution in [2.45, 2.75) is 4.90 Å². The second kappa shape index (κ2) is 5.84. The third kappa shape index (κ3) is 3.22. The van der Waals surface area contributed by atoms with Crippen LogP contribution in [0.1, 0.15) is 0 Å². The molecule has 0 bridgehead atoms. The number of halogens is 3. The van der Waals surface area contributed by atoms with Gasteiger partial charge in [0, 0.05) is 0 Å². The SMILES string of the molecule is Nc1cccc(Cl)c1S(=O)(=O)Nc1ncc(Br)nc1Br. The maximum atomic E-state index is 12.3. The van der Waals surface area contributed by atoms with Gasteiger partial charge in [0.1, 0.15) is 9.50 Å². The van der Waals surface area contributed by atoms with Gasteiger partial charge in [-0.3, -0.25) is 4.72 Å². The smallest absolute Gasteiger partial charge is 0.266 e. The van der Waals surface area contributed by atoms with Gasteiger partial charge in [-0.25, -0.2) is 18.4 Å². The predicted octanol–water partition coefficient (Wildman–Crippen LogP) is 3.04. The van der Waals surface area contributed by atoms with Crippen LogP contribution in [0.3, 0.4) is 0 Å². The van der Waals surface area contributed by atoms with Crippen molar-refractivity contribution in [3.63, 3.8) is 0 Å². The lowest BCUT2D eigenvalue weighted by atomic mass is 10.3. The summed E-state index contributed by atoms with van der Waals surface area (Å²) in [4.78, 5) is 7.70. The van der Waals surface area contributed by atoms with Crippen molar-refractivity contribution in [1.82, 2.24) is 9.97 Å². The number of nitrogens with zero attached hydrogens (tertiary/aromatic N) is 2. The van der Waals surface area contributed by atoms with Gasteiger partial charge in [-0.1, -0.05) is 17.7 Å². The average Bonchev–Trinajstić information content (AvgIpc) is 2.32. The van der Waals surface area contributed by atoms with E-state index in [0.717, 1.165) is 0 Å². The molecule has 106 valence electrons. The van der Waals surface area contributed by atoms with Crippen LogP contribution < -0.4 is 10.5 Å². The molecule has 0 aliphatic rings. The van der Waals surface area contributed by atoms with Crippen LogP contribution in [0.5, 0.6) is 0 Å². The summed E-state index contributed by atoms with van der Waals surface area (Å²) in [5, 5.41) is 0.0266. The molecule has 10 heteroatoms. The maximum absolute atomic E-state index is 12.3. The first kappa shape index (κ1) is 15.5. The summed E-state index contributed by atoms with van der Waals surface area (Å²) >= 11 is 12.1. The molecule has 0 aliphatic carbocycles. The molecule has 0 unspecified atom stereocenters. The van der Waals surface area contributed by atoms with E-state index in [4.69, 9.17) is 17.3 Å². The fourth-order valence-electron chi connectivity index (χ4n) is 1.40. The Labute approximate surface area is 137 Å². The highest BCUT2D eigenvalue weighted by Crippen LogP contribution is 2.30. The third-order valence-corrected chi connectivity index (χ3v) is 5.01. The van der Waals surface area contributed by atoms with Gasteiger partial charge < -0.3 is 5.73 Å². The second-order valence-corrected chi connectivity index (χ2v) is 7.19. The standard InChI is InChI=1S/C10H7Br2ClN4O2S/c11-7-4-15-10(9(12)16-7)17-20(18,19)8-5(13)2-1-3-6(8)14/h1-4H,14H2,(H,15,17). The van der Waals surface area contributed by atoms with E-state index < -0.39 is 10.0 Å². The molecule has 20 heavy (non-hydrogen) atoms. The normalized spacial score (nSPS) is 11.3. The molecule has 0 radical (unpaired) electrons. The molecule has 0 saturated carbocycles. The summed E-state index contributed by atoms with van der Waals surface area (Å²) in [6, 6.07) is 4.45. The van der Waals surface area contributed by atoms with Crippen molar-refractivity contribution in [1.29, 1.82) is 0 Å². The van der Waals surface area contributed by atoms with E-state index >= 15 is 0 Å². The molecule has 2 aromatic rings. The summed E-state index contributed by atoms with van der Waals surface area (Å²) < 4.78 is 27.6. The fraction of sp³-hybridized carbons (Fsp3) is 0. The van der Waals surface area contributed by atoms with E-state index in [9.17, 15) is 8.42 Å². The van der Waals surface area contributed by atoms with E-state index in [1.807, 2.05) is 0 Å². The first-order valence-corrected chi connectivity index (χ1v) is 8.51. The van der Waals surface area contributed by atoms with Crippen LogP contribution in [0.15, 0.2) is 38.5 Å². The second-order valence-electron chi connectivity index (χ2n) is 3.60. The zero-order chi connectivity index (χ0) is 14.9. The summed E-state index contributed by atoms with van der Waals surface area (Å²) in [5.74, 6) is 0.0347. The molecule has 0 fully saturated rings. The molecule has 1 heterocycles. The Morgan fingerprint density at radius 1 is 1.30 bits per heavy atom. The van der Waals surface area contributed by atoms with E-state index in [0.29, 0.717) is 4.60 Å². The first-order valence-electron chi connectivity index (χ1n) is 5.06. The zero-order valence-electron chi connectivity index (χ0n) is 9.64. The highest BCUT2D eigenvalue weighted by atomic mass is 79.9. The Morgan fingerprint density at radius 2 is 2.00 bits per heavy atom. The zero-order valence-corrected chi connectivity index (χ0v) is 14.4. The van der Waals surface area contributed by atoms with Gasteiger partial charge in [-0.05, 0) is 44.0 Å². The molecular weight excluding hydrogens is 435 g/mol. The molecule has 6 nitrogen and oxygen atoms in total. The van der Waals surface area contributed by atoms with Crippen LogP contribution in [0, 0.1) is 0 Å². The van der Waals surface area contributed by atoms with Crippen LogP contribution >= 0.6 is 43.5 Å². The molecule has 0 saturated heterocycles. The number of rotatable bonds is 3. The summed E-state index contributed by atoms with van der Waals surface area (Å²) in [7, 11) is -3.96. The lowest BCUT2D eigenvalue weighted by molar-refractivity contribution is 0.601. The summed E-state index contributed by atoms with van der Waals surface area (Å²) in [5.41, 5.74) is 5.71. The number of hydrogen-bond acceptors (Lipinski definition) is 5. The van der Waals surface area contributed by atoms with Gasteiger partial charge in [0.25, 0.3) is 10.0 Å². The third-order valence-electron chi connectivity index (χ3n) is 2.20. The highest BCUT2D eigenvalue weighted by Gasteiger charge is 2.23. The van der Waals surface area contributed by atoms with Crippen molar-refractivity contribution in [3.8, 4) is 0 Å². The highest BCUT2D eigenvalue weighted by molar-refractivity contribution is 9.11. The van der Waals surface area contributed by atoms with Crippen LogP contribution in [0.25, 0.3) is 0 Å². The van der Waals surface area contributed by atoms with E-state index in [1.54, 1.807) is 6.07 Å². The van der Waals surface area contributed by atoms with Crippen molar-refractivity contribution < 1.29 is 8.42 Å². The molecule has 1 aromatic heterocycles. The van der Waals surface area contributed by atoms with Gasteiger partial charge in [0.15, 0.2) is 10.4 Å². The largest absolute Gasteiger partial charge is 0.398 e. The van der Waals surface area contributed by atoms with E-state index in [2.05, 4.69) is 46.5 Å². The minimum absolute atomic E-state index is 0.0266. The fourth-order valence-corrected chi connectivity index (χ4v) is 4.14. The van der Waals surface area contributed by atoms with Gasteiger partial charge in [-0.15, -0.1) is 0 Å². The quantitative estimate of drug-likeness (QED) is 0.712. The van der Waals surface area contributed by atoms with Gasteiger partial charge in [0.2, 0.25) is 0 Å². The van der Waals surface area contributed by atoms with E-state index in [1.165, 1.54) is 18.3 Å². The number of hydrogen-bond donors (Lipinski definition) is 2. The molecule has 3 N–H and O–H groups in total. The Balaban J connectivity index is 2.46. The van der Waals surface area contributed by atoms with Gasteiger partial charge in [-0.2, -0.15) is 0 Å². The van der Waals surface area contributed by atoms with Crippen LogP contribution in [-0.2, 0) is 10.0 Å². The molecule has 0 amide bonds. The Morgan fingerprint density at radius 3 is 2.60 bits per heavy atom. The maximum Gasteiger partial charge on any atom is 0.266 e. The Bertz CT molecular complexity index is 750. The number of benzene rings is 1. The van der Waals surface area contributed by atoms with Gasteiger partial charge >= 0.3 is 0 Å². The topological polar surface area (TPSA) is 98.0 Å². The van der Waals surface area contributed by atoms with Crippen molar-refractivity contribution in [2.24, 2.45) is 0 Å². The first-order chi connectivity index (χ1) is 9.31. The molecule has 1 aromatic carbocycles. The number of nitrogens with one attached hydrogen (secondary N) is 1. The lowest BCUT2D eigenvalue weighted by Crippen LogP contribution is -2.16. The number of anilines is 2. The Kier molecular flexibility index (Phi) is 4.52. The van der Waals surface area contributed by atoms with E-state index in [-0.39, 0.29) is 26.0 Å². The van der Waals surface area contributed by atoms with Gasteiger partial charge in [0.05, 0.1) is 16.9 Å². The molecule has 2 rings (SSSR count). The van der Waals surface area contributed by atoms with Crippen molar-refractivity contribution in [2.75, 3.05) is 10.5 Å². The number of nitrogen functional groups attached to an aromatic ring is 1. The number of nitrogens with two attached hydrogens (primary N) is 1. The van der Waals surface area contributed by atoms with Crippen LogP contribution in [0.2, 0.25) is 5.02 Å². The molecular formula is C10H7Br2ClN4O2S.